The van der Waals surface area contributed by atoms with Gasteiger partial charge in [0.1, 0.15) is 11.6 Å². The monoisotopic (exact) mass is 372 g/mol. The molecule has 0 unspecified atom stereocenters. The highest BCUT2D eigenvalue weighted by molar-refractivity contribution is 5.98. The van der Waals surface area contributed by atoms with Gasteiger partial charge >= 0.3 is 0 Å². The van der Waals surface area contributed by atoms with Gasteiger partial charge in [0.25, 0.3) is 5.91 Å². The molecule has 0 aliphatic carbocycles. The van der Waals surface area contributed by atoms with E-state index < -0.39 is 0 Å². The van der Waals surface area contributed by atoms with Crippen LogP contribution in [0.25, 0.3) is 0 Å². The molecule has 27 heavy (non-hydrogen) atoms. The average molecular weight is 372 g/mol. The van der Waals surface area contributed by atoms with Crippen LogP contribution in [-0.4, -0.2) is 68.3 Å². The molecule has 1 aliphatic heterocycles. The number of hydrogen-bond donors (Lipinski definition) is 0. The normalized spacial score (nSPS) is 14.1. The quantitative estimate of drug-likeness (QED) is 0.792. The van der Waals surface area contributed by atoms with Crippen LogP contribution in [0.2, 0.25) is 0 Å². The topological polar surface area (TPSA) is 77.0 Å². The van der Waals surface area contributed by atoms with Crippen molar-refractivity contribution in [2.24, 2.45) is 0 Å². The molecule has 0 radical (unpaired) electrons. The van der Waals surface area contributed by atoms with Gasteiger partial charge in [0, 0.05) is 32.2 Å². The molecule has 1 aromatic heterocycles. The van der Waals surface area contributed by atoms with Crippen molar-refractivity contribution in [3.63, 3.8) is 0 Å². The summed E-state index contributed by atoms with van der Waals surface area (Å²) in [5, 5.41) is 0. The van der Waals surface area contributed by atoms with Gasteiger partial charge in [-0.15, -0.1) is 0 Å². The van der Waals surface area contributed by atoms with Crippen molar-refractivity contribution in [1.82, 2.24) is 14.9 Å². The fraction of sp³-hybridized carbons (Fsp3) is 0.421. The fourth-order valence-electron chi connectivity index (χ4n) is 3.16. The van der Waals surface area contributed by atoms with Crippen molar-refractivity contribution >= 4 is 11.7 Å². The van der Waals surface area contributed by atoms with E-state index in [1.165, 1.54) is 7.11 Å². The zero-order valence-corrected chi connectivity index (χ0v) is 16.1. The van der Waals surface area contributed by atoms with Crippen molar-refractivity contribution in [1.29, 1.82) is 0 Å². The number of hydrogen-bond acceptors (Lipinski definition) is 7. The Labute approximate surface area is 158 Å². The first-order valence-electron chi connectivity index (χ1n) is 8.72. The summed E-state index contributed by atoms with van der Waals surface area (Å²) in [6.45, 7) is 4.37. The summed E-state index contributed by atoms with van der Waals surface area (Å²) in [5.74, 6) is 2.95. The largest absolute Gasteiger partial charge is 0.493 e. The molecule has 0 N–H and O–H groups in total. The molecule has 1 amide bonds. The van der Waals surface area contributed by atoms with E-state index in [0.29, 0.717) is 54.9 Å². The molecule has 3 rings (SSSR count). The van der Waals surface area contributed by atoms with Gasteiger partial charge in [0.15, 0.2) is 11.5 Å². The lowest BCUT2D eigenvalue weighted by atomic mass is 10.1. The molecule has 0 spiro atoms. The first-order chi connectivity index (χ1) is 13.1. The number of benzene rings is 1. The first-order valence-corrected chi connectivity index (χ1v) is 8.72. The van der Waals surface area contributed by atoms with Gasteiger partial charge in [-0.1, -0.05) is 6.07 Å². The van der Waals surface area contributed by atoms with Gasteiger partial charge in [0.2, 0.25) is 5.88 Å². The van der Waals surface area contributed by atoms with Gasteiger partial charge in [-0.05, 0) is 19.1 Å². The zero-order valence-electron chi connectivity index (χ0n) is 16.1. The Kier molecular flexibility index (Phi) is 5.63. The molecule has 8 nitrogen and oxygen atoms in total. The van der Waals surface area contributed by atoms with Crippen molar-refractivity contribution in [2.75, 3.05) is 52.4 Å². The van der Waals surface area contributed by atoms with Gasteiger partial charge in [0.05, 0.1) is 26.9 Å². The SMILES string of the molecule is COc1cc(N2CCN(C(=O)c3cccc(OC)c3OC)CC2)nc(C)n1. The number of carbonyl (C=O) groups excluding carboxylic acids is 1. The van der Waals surface area contributed by atoms with Crippen LogP contribution in [-0.2, 0) is 0 Å². The number of piperazine rings is 1. The molecule has 0 saturated carbocycles. The fourth-order valence-corrected chi connectivity index (χ4v) is 3.16. The van der Waals surface area contributed by atoms with E-state index in [1.807, 2.05) is 17.9 Å². The van der Waals surface area contributed by atoms with Gasteiger partial charge in [-0.2, -0.15) is 4.98 Å². The number of amides is 1. The van der Waals surface area contributed by atoms with E-state index in [4.69, 9.17) is 14.2 Å². The lowest BCUT2D eigenvalue weighted by molar-refractivity contribution is 0.0742. The van der Waals surface area contributed by atoms with Gasteiger partial charge in [-0.25, -0.2) is 4.98 Å². The van der Waals surface area contributed by atoms with E-state index in [-0.39, 0.29) is 5.91 Å². The highest BCUT2D eigenvalue weighted by Gasteiger charge is 2.26. The maximum Gasteiger partial charge on any atom is 0.257 e. The van der Waals surface area contributed by atoms with Crippen LogP contribution in [0, 0.1) is 6.92 Å². The molecular weight excluding hydrogens is 348 g/mol. The standard InChI is InChI=1S/C19H24N4O4/c1-13-20-16(12-17(21-13)26-3)22-8-10-23(11-9-22)19(24)14-6-5-7-15(25-2)18(14)27-4/h5-7,12H,8-11H2,1-4H3. The number of aryl methyl sites for hydroxylation is 1. The number of carbonyl (C=O) groups is 1. The van der Waals surface area contributed by atoms with E-state index >= 15 is 0 Å². The summed E-state index contributed by atoms with van der Waals surface area (Å²) < 4.78 is 15.9. The molecule has 2 heterocycles. The van der Waals surface area contributed by atoms with Crippen LogP contribution < -0.4 is 19.1 Å². The Morgan fingerprint density at radius 3 is 2.37 bits per heavy atom. The van der Waals surface area contributed by atoms with Gasteiger partial charge in [-0.3, -0.25) is 4.79 Å². The summed E-state index contributed by atoms with van der Waals surface area (Å²) >= 11 is 0. The molecular formula is C19H24N4O4. The van der Waals surface area contributed by atoms with Crippen LogP contribution in [0.3, 0.4) is 0 Å². The minimum absolute atomic E-state index is 0.0677. The predicted octanol–water partition coefficient (Wildman–Crippen LogP) is 1.77. The van der Waals surface area contributed by atoms with Gasteiger partial charge < -0.3 is 24.0 Å². The third-order valence-corrected chi connectivity index (χ3v) is 4.53. The molecule has 8 heteroatoms. The summed E-state index contributed by atoms with van der Waals surface area (Å²) in [7, 11) is 4.68. The van der Waals surface area contributed by atoms with Crippen LogP contribution in [0.4, 0.5) is 5.82 Å². The predicted molar refractivity (Wildman–Crippen MR) is 101 cm³/mol. The zero-order chi connectivity index (χ0) is 19.4. The van der Waals surface area contributed by atoms with Crippen LogP contribution in [0.15, 0.2) is 24.3 Å². The second-order valence-electron chi connectivity index (χ2n) is 6.14. The molecule has 1 aromatic carbocycles. The number of rotatable bonds is 5. The molecule has 1 saturated heterocycles. The Morgan fingerprint density at radius 2 is 1.74 bits per heavy atom. The minimum Gasteiger partial charge on any atom is -0.493 e. The van der Waals surface area contributed by atoms with E-state index in [1.54, 1.807) is 32.4 Å². The molecule has 1 fully saturated rings. The van der Waals surface area contributed by atoms with E-state index in [2.05, 4.69) is 14.9 Å². The number of aromatic nitrogens is 2. The first kappa shape index (κ1) is 18.8. The highest BCUT2D eigenvalue weighted by atomic mass is 16.5. The molecule has 144 valence electrons. The Bertz CT molecular complexity index is 819. The molecule has 1 aliphatic rings. The number of nitrogens with zero attached hydrogens (tertiary/aromatic N) is 4. The molecule has 0 bridgehead atoms. The van der Waals surface area contributed by atoms with Crippen LogP contribution >= 0.6 is 0 Å². The average Bonchev–Trinajstić information content (AvgIpc) is 2.72. The van der Waals surface area contributed by atoms with Crippen molar-refractivity contribution in [3.8, 4) is 17.4 Å². The smallest absolute Gasteiger partial charge is 0.257 e. The van der Waals surface area contributed by atoms with Crippen molar-refractivity contribution in [2.45, 2.75) is 6.92 Å². The van der Waals surface area contributed by atoms with E-state index in [9.17, 15) is 4.79 Å². The number of anilines is 1. The Balaban J connectivity index is 1.73. The number of ether oxygens (including phenoxy) is 3. The Morgan fingerprint density at radius 1 is 1.00 bits per heavy atom. The number of methoxy groups -OCH3 is 3. The second-order valence-corrected chi connectivity index (χ2v) is 6.14. The molecule has 0 atom stereocenters. The third kappa shape index (κ3) is 3.89. The second kappa shape index (κ2) is 8.11. The summed E-state index contributed by atoms with van der Waals surface area (Å²) in [5.41, 5.74) is 0.504. The van der Waals surface area contributed by atoms with Crippen LogP contribution in [0.5, 0.6) is 17.4 Å². The molecule has 2 aromatic rings. The lowest BCUT2D eigenvalue weighted by Crippen LogP contribution is -2.49. The third-order valence-electron chi connectivity index (χ3n) is 4.53. The summed E-state index contributed by atoms with van der Waals surface area (Å²) in [6, 6.07) is 7.14. The lowest BCUT2D eigenvalue weighted by Gasteiger charge is -2.35. The summed E-state index contributed by atoms with van der Waals surface area (Å²) in [4.78, 5) is 25.6. The summed E-state index contributed by atoms with van der Waals surface area (Å²) in [6.07, 6.45) is 0. The number of para-hydroxylation sites is 1. The Hall–Kier alpha value is -3.03. The van der Waals surface area contributed by atoms with E-state index in [0.717, 1.165) is 5.82 Å². The maximum atomic E-state index is 13.0. The maximum absolute atomic E-state index is 13.0. The van der Waals surface area contributed by atoms with Crippen LogP contribution in [0.1, 0.15) is 16.2 Å². The minimum atomic E-state index is -0.0677. The van der Waals surface area contributed by atoms with Crippen molar-refractivity contribution < 1.29 is 19.0 Å². The van der Waals surface area contributed by atoms with Crippen molar-refractivity contribution in [3.05, 3.63) is 35.7 Å². The highest BCUT2D eigenvalue weighted by Crippen LogP contribution is 2.31.